The standard InChI is InChI=1S/C13H15ClO2/c1-2-3-4-8-16-10-13(15)11-6-5-7-12(14)9-11/h2,5-7,9H,1,3-4,8,10H2. The van der Waals surface area contributed by atoms with Crippen LogP contribution in [0.4, 0.5) is 0 Å². The number of halogens is 1. The first kappa shape index (κ1) is 12.9. The highest BCUT2D eigenvalue weighted by Gasteiger charge is 2.05. The summed E-state index contributed by atoms with van der Waals surface area (Å²) in [7, 11) is 0. The predicted octanol–water partition coefficient (Wildman–Crippen LogP) is 3.51. The van der Waals surface area contributed by atoms with E-state index < -0.39 is 0 Å². The third-order valence-electron chi connectivity index (χ3n) is 2.08. The van der Waals surface area contributed by atoms with Crippen molar-refractivity contribution in [2.45, 2.75) is 12.8 Å². The summed E-state index contributed by atoms with van der Waals surface area (Å²) in [6.07, 6.45) is 3.64. The Hall–Kier alpha value is -1.12. The lowest BCUT2D eigenvalue weighted by Crippen LogP contribution is -2.09. The maximum absolute atomic E-state index is 11.6. The van der Waals surface area contributed by atoms with E-state index in [9.17, 15) is 4.79 Å². The Morgan fingerprint density at radius 2 is 2.31 bits per heavy atom. The van der Waals surface area contributed by atoms with Crippen LogP contribution >= 0.6 is 11.6 Å². The molecule has 0 radical (unpaired) electrons. The zero-order chi connectivity index (χ0) is 11.8. The molecule has 1 aromatic carbocycles. The largest absolute Gasteiger partial charge is 0.373 e. The average molecular weight is 239 g/mol. The molecule has 0 N–H and O–H groups in total. The maximum Gasteiger partial charge on any atom is 0.188 e. The van der Waals surface area contributed by atoms with Gasteiger partial charge in [0.05, 0.1) is 0 Å². The van der Waals surface area contributed by atoms with Gasteiger partial charge < -0.3 is 4.74 Å². The van der Waals surface area contributed by atoms with E-state index in [1.807, 2.05) is 6.08 Å². The molecule has 1 aromatic rings. The van der Waals surface area contributed by atoms with Gasteiger partial charge >= 0.3 is 0 Å². The number of benzene rings is 1. The molecule has 0 spiro atoms. The Kier molecular flexibility index (Phi) is 5.83. The molecule has 0 saturated heterocycles. The highest BCUT2D eigenvalue weighted by Crippen LogP contribution is 2.11. The van der Waals surface area contributed by atoms with E-state index in [1.54, 1.807) is 24.3 Å². The molecule has 0 aromatic heterocycles. The van der Waals surface area contributed by atoms with Crippen LogP contribution in [0, 0.1) is 0 Å². The molecule has 1 rings (SSSR count). The van der Waals surface area contributed by atoms with Gasteiger partial charge in [-0.15, -0.1) is 6.58 Å². The highest BCUT2D eigenvalue weighted by molar-refractivity contribution is 6.31. The summed E-state index contributed by atoms with van der Waals surface area (Å²) >= 11 is 5.79. The van der Waals surface area contributed by atoms with Crippen LogP contribution in [0.25, 0.3) is 0 Å². The van der Waals surface area contributed by atoms with Gasteiger partial charge in [0.1, 0.15) is 6.61 Å². The van der Waals surface area contributed by atoms with Crippen LogP contribution in [0.3, 0.4) is 0 Å². The fourth-order valence-electron chi connectivity index (χ4n) is 1.24. The number of ether oxygens (including phenoxy) is 1. The monoisotopic (exact) mass is 238 g/mol. The summed E-state index contributed by atoms with van der Waals surface area (Å²) in [5.41, 5.74) is 0.594. The topological polar surface area (TPSA) is 26.3 Å². The Labute approximate surface area is 101 Å². The normalized spacial score (nSPS) is 10.1. The summed E-state index contributed by atoms with van der Waals surface area (Å²) in [4.78, 5) is 11.6. The molecule has 0 aliphatic heterocycles. The molecule has 2 nitrogen and oxygen atoms in total. The first-order chi connectivity index (χ1) is 7.74. The first-order valence-electron chi connectivity index (χ1n) is 5.21. The lowest BCUT2D eigenvalue weighted by molar-refractivity contribution is 0.0757. The molecule has 16 heavy (non-hydrogen) atoms. The van der Waals surface area contributed by atoms with E-state index in [2.05, 4.69) is 6.58 Å². The molecule has 86 valence electrons. The minimum Gasteiger partial charge on any atom is -0.373 e. The zero-order valence-electron chi connectivity index (χ0n) is 9.12. The van der Waals surface area contributed by atoms with Crippen molar-refractivity contribution >= 4 is 17.4 Å². The van der Waals surface area contributed by atoms with Crippen molar-refractivity contribution in [1.29, 1.82) is 0 Å². The second-order valence-electron chi connectivity index (χ2n) is 3.42. The van der Waals surface area contributed by atoms with Gasteiger partial charge in [0, 0.05) is 17.2 Å². The second-order valence-corrected chi connectivity index (χ2v) is 3.85. The Morgan fingerprint density at radius 1 is 1.50 bits per heavy atom. The van der Waals surface area contributed by atoms with Gasteiger partial charge in [0.2, 0.25) is 0 Å². The summed E-state index contributed by atoms with van der Waals surface area (Å²) in [5, 5.41) is 0.567. The van der Waals surface area contributed by atoms with E-state index in [4.69, 9.17) is 16.3 Å². The van der Waals surface area contributed by atoms with E-state index in [1.165, 1.54) is 0 Å². The summed E-state index contributed by atoms with van der Waals surface area (Å²) in [6, 6.07) is 6.88. The van der Waals surface area contributed by atoms with Gasteiger partial charge in [-0.1, -0.05) is 29.8 Å². The molecule has 0 heterocycles. The van der Waals surface area contributed by atoms with Crippen molar-refractivity contribution in [2.24, 2.45) is 0 Å². The Balaban J connectivity index is 2.32. The quantitative estimate of drug-likeness (QED) is 0.413. The fourth-order valence-corrected chi connectivity index (χ4v) is 1.43. The lowest BCUT2D eigenvalue weighted by Gasteiger charge is -2.03. The predicted molar refractivity (Wildman–Crippen MR) is 66.0 cm³/mol. The maximum atomic E-state index is 11.6. The van der Waals surface area contributed by atoms with Crippen LogP contribution in [0.2, 0.25) is 5.02 Å². The molecule has 0 aliphatic rings. The molecule has 0 bridgehead atoms. The van der Waals surface area contributed by atoms with Crippen molar-refractivity contribution in [2.75, 3.05) is 13.2 Å². The smallest absolute Gasteiger partial charge is 0.188 e. The number of hydrogen-bond donors (Lipinski definition) is 0. The number of Topliss-reactive ketones (excluding diaryl/α,β-unsaturated/α-hetero) is 1. The van der Waals surface area contributed by atoms with Gasteiger partial charge in [0.15, 0.2) is 5.78 Å². The second kappa shape index (κ2) is 7.20. The molecule has 3 heteroatoms. The molecule has 0 aliphatic carbocycles. The van der Waals surface area contributed by atoms with Gasteiger partial charge in [0.25, 0.3) is 0 Å². The number of ketones is 1. The van der Waals surface area contributed by atoms with Crippen LogP contribution in [0.1, 0.15) is 23.2 Å². The molecule has 0 fully saturated rings. The summed E-state index contributed by atoms with van der Waals surface area (Å²) < 4.78 is 5.25. The molecule has 0 amide bonds. The fraction of sp³-hybridized carbons (Fsp3) is 0.308. The Morgan fingerprint density at radius 3 is 3.00 bits per heavy atom. The van der Waals surface area contributed by atoms with E-state index in [0.29, 0.717) is 17.2 Å². The number of carbonyl (C=O) groups excluding carboxylic acids is 1. The Bertz CT molecular complexity index is 361. The third-order valence-corrected chi connectivity index (χ3v) is 2.31. The SMILES string of the molecule is C=CCCCOCC(=O)c1cccc(Cl)c1. The van der Waals surface area contributed by atoms with Crippen molar-refractivity contribution in [3.63, 3.8) is 0 Å². The van der Waals surface area contributed by atoms with Crippen molar-refractivity contribution in [3.8, 4) is 0 Å². The summed E-state index contributed by atoms with van der Waals surface area (Å²) in [6.45, 7) is 4.30. The molecule has 0 atom stereocenters. The number of rotatable bonds is 7. The van der Waals surface area contributed by atoms with Crippen molar-refractivity contribution in [3.05, 3.63) is 47.5 Å². The van der Waals surface area contributed by atoms with Crippen LogP contribution in [0.5, 0.6) is 0 Å². The average Bonchev–Trinajstić information content (AvgIpc) is 2.28. The van der Waals surface area contributed by atoms with Gasteiger partial charge in [-0.2, -0.15) is 0 Å². The minimum absolute atomic E-state index is 0.0406. The first-order valence-corrected chi connectivity index (χ1v) is 5.59. The number of allylic oxidation sites excluding steroid dienone is 1. The molecular formula is C13H15ClO2. The van der Waals surface area contributed by atoms with Crippen molar-refractivity contribution < 1.29 is 9.53 Å². The zero-order valence-corrected chi connectivity index (χ0v) is 9.87. The lowest BCUT2D eigenvalue weighted by atomic mass is 10.1. The number of hydrogen-bond acceptors (Lipinski definition) is 2. The molecular weight excluding hydrogens is 224 g/mol. The van der Waals surface area contributed by atoms with Gasteiger partial charge in [-0.05, 0) is 25.0 Å². The molecule has 0 unspecified atom stereocenters. The van der Waals surface area contributed by atoms with Crippen LogP contribution in [-0.4, -0.2) is 19.0 Å². The molecule has 0 saturated carbocycles. The van der Waals surface area contributed by atoms with Crippen LogP contribution < -0.4 is 0 Å². The summed E-state index contributed by atoms with van der Waals surface area (Å²) in [5.74, 6) is -0.0406. The van der Waals surface area contributed by atoms with Crippen LogP contribution in [0.15, 0.2) is 36.9 Å². The van der Waals surface area contributed by atoms with Gasteiger partial charge in [-0.25, -0.2) is 0 Å². The third kappa shape index (κ3) is 4.60. The number of carbonyl (C=O) groups is 1. The minimum atomic E-state index is -0.0406. The number of unbranched alkanes of at least 4 members (excludes halogenated alkanes) is 1. The van der Waals surface area contributed by atoms with Gasteiger partial charge in [-0.3, -0.25) is 4.79 Å². The van der Waals surface area contributed by atoms with E-state index in [-0.39, 0.29) is 12.4 Å². The van der Waals surface area contributed by atoms with Crippen LogP contribution in [-0.2, 0) is 4.74 Å². The van der Waals surface area contributed by atoms with Crippen molar-refractivity contribution in [1.82, 2.24) is 0 Å². The van der Waals surface area contributed by atoms with E-state index in [0.717, 1.165) is 12.8 Å². The van der Waals surface area contributed by atoms with E-state index >= 15 is 0 Å². The highest BCUT2D eigenvalue weighted by atomic mass is 35.5.